The van der Waals surface area contributed by atoms with Crippen LogP contribution >= 0.6 is 0 Å². The smallest absolute Gasteiger partial charge is 0.326 e. The molecule has 1 saturated heterocycles. The van der Waals surface area contributed by atoms with Crippen molar-refractivity contribution in [2.24, 2.45) is 0 Å². The summed E-state index contributed by atoms with van der Waals surface area (Å²) in [6, 6.07) is 6.96. The Morgan fingerprint density at radius 3 is 2.73 bits per heavy atom. The molecule has 1 fully saturated rings. The average molecular weight is 358 g/mol. The number of nitrogens with zero attached hydrogens (tertiary/aromatic N) is 2. The topological polar surface area (TPSA) is 84.0 Å². The van der Waals surface area contributed by atoms with Gasteiger partial charge in [-0.3, -0.25) is 24.1 Å². The Bertz CT molecular complexity index is 745. The summed E-state index contributed by atoms with van der Waals surface area (Å²) in [5.74, 6) is -1.96. The Kier molecular flexibility index (Phi) is 5.35. The molecular weight excluding hydrogens is 336 g/mol. The van der Waals surface area contributed by atoms with Gasteiger partial charge in [0.25, 0.3) is 11.8 Å². The predicted molar refractivity (Wildman–Crippen MR) is 92.2 cm³/mol. The van der Waals surface area contributed by atoms with Crippen LogP contribution in [0.5, 0.6) is 0 Å². The maximum absolute atomic E-state index is 12.4. The van der Waals surface area contributed by atoms with Gasteiger partial charge in [-0.1, -0.05) is 18.2 Å². The molecule has 3 amide bonds. The van der Waals surface area contributed by atoms with Crippen molar-refractivity contribution in [1.29, 1.82) is 0 Å². The number of imide groups is 1. The van der Waals surface area contributed by atoms with Gasteiger partial charge in [0.05, 0.1) is 6.42 Å². The lowest BCUT2D eigenvalue weighted by molar-refractivity contribution is -0.155. The number of carbonyl (C=O) groups is 4. The van der Waals surface area contributed by atoms with Gasteiger partial charge in [0.2, 0.25) is 5.91 Å². The zero-order valence-electron chi connectivity index (χ0n) is 14.8. The van der Waals surface area contributed by atoms with E-state index in [4.69, 9.17) is 4.74 Å². The van der Waals surface area contributed by atoms with Crippen LogP contribution in [0, 0.1) is 0 Å². The summed E-state index contributed by atoms with van der Waals surface area (Å²) in [7, 11) is 0. The molecule has 1 aromatic rings. The average Bonchev–Trinajstić information content (AvgIpc) is 2.63. The quantitative estimate of drug-likeness (QED) is 0.596. The zero-order valence-corrected chi connectivity index (χ0v) is 14.8. The second-order valence-corrected chi connectivity index (χ2v) is 6.71. The second-order valence-electron chi connectivity index (χ2n) is 6.71. The zero-order chi connectivity index (χ0) is 18.7. The van der Waals surface area contributed by atoms with E-state index in [-0.39, 0.29) is 25.0 Å². The molecule has 0 saturated carbocycles. The lowest BCUT2D eigenvalue weighted by Gasteiger charge is -2.33. The molecule has 1 aromatic carbocycles. The largest absolute Gasteiger partial charge is 0.454 e. The summed E-state index contributed by atoms with van der Waals surface area (Å²) < 4.78 is 5.02. The summed E-state index contributed by atoms with van der Waals surface area (Å²) in [5, 5.41) is 0. The van der Waals surface area contributed by atoms with Crippen LogP contribution in [0.15, 0.2) is 24.3 Å². The molecule has 7 nitrogen and oxygen atoms in total. The van der Waals surface area contributed by atoms with E-state index < -0.39 is 24.3 Å². The molecule has 138 valence electrons. The van der Waals surface area contributed by atoms with Gasteiger partial charge in [0, 0.05) is 18.2 Å². The van der Waals surface area contributed by atoms with Crippen molar-refractivity contribution in [3.63, 3.8) is 0 Å². The van der Waals surface area contributed by atoms with Crippen molar-refractivity contribution in [1.82, 2.24) is 9.80 Å². The number of fused-ring (bicyclic) bond motifs is 1. The van der Waals surface area contributed by atoms with Crippen LogP contribution in [0.2, 0.25) is 0 Å². The fourth-order valence-electron chi connectivity index (χ4n) is 3.43. The highest BCUT2D eigenvalue weighted by atomic mass is 16.5. The van der Waals surface area contributed by atoms with Gasteiger partial charge in [0.15, 0.2) is 6.61 Å². The molecule has 3 rings (SSSR count). The summed E-state index contributed by atoms with van der Waals surface area (Å²) in [5.41, 5.74) is 1.07. The van der Waals surface area contributed by atoms with Gasteiger partial charge in [-0.15, -0.1) is 0 Å². The van der Waals surface area contributed by atoms with Crippen molar-refractivity contribution in [2.45, 2.75) is 38.6 Å². The maximum Gasteiger partial charge on any atom is 0.326 e. The Balaban J connectivity index is 1.56. The summed E-state index contributed by atoms with van der Waals surface area (Å²) in [6.07, 6.45) is 3.04. The number of carbonyl (C=O) groups excluding carboxylic acids is 4. The number of amides is 3. The molecule has 0 bridgehead atoms. The van der Waals surface area contributed by atoms with Crippen LogP contribution in [-0.2, 0) is 25.5 Å². The molecule has 7 heteroatoms. The number of ether oxygens (including phenoxy) is 1. The third-order valence-electron chi connectivity index (χ3n) is 4.90. The van der Waals surface area contributed by atoms with E-state index in [1.54, 1.807) is 29.2 Å². The SMILES string of the molecule is C[C@@H]1CCCCN1C(=O)COC(=O)CN1C(=O)Cc2ccccc2C1=O. The predicted octanol–water partition coefficient (Wildman–Crippen LogP) is 1.16. The van der Waals surface area contributed by atoms with Crippen LogP contribution in [0.4, 0.5) is 0 Å². The molecule has 26 heavy (non-hydrogen) atoms. The lowest BCUT2D eigenvalue weighted by atomic mass is 9.98. The van der Waals surface area contributed by atoms with Crippen molar-refractivity contribution in [3.8, 4) is 0 Å². The molecule has 0 N–H and O–H groups in total. The molecule has 0 spiro atoms. The van der Waals surface area contributed by atoms with Crippen molar-refractivity contribution in [3.05, 3.63) is 35.4 Å². The highest BCUT2D eigenvalue weighted by Crippen LogP contribution is 2.20. The molecule has 0 aromatic heterocycles. The number of hydrogen-bond acceptors (Lipinski definition) is 5. The van der Waals surface area contributed by atoms with Crippen LogP contribution in [0.3, 0.4) is 0 Å². The molecule has 0 radical (unpaired) electrons. The van der Waals surface area contributed by atoms with Crippen LogP contribution in [0.25, 0.3) is 0 Å². The van der Waals surface area contributed by atoms with Gasteiger partial charge in [0.1, 0.15) is 6.54 Å². The van der Waals surface area contributed by atoms with E-state index in [2.05, 4.69) is 0 Å². The summed E-state index contributed by atoms with van der Waals surface area (Å²) in [4.78, 5) is 51.4. The van der Waals surface area contributed by atoms with Gasteiger partial charge in [-0.25, -0.2) is 0 Å². The molecule has 0 aliphatic carbocycles. The standard InChI is InChI=1S/C19H22N2O5/c1-13-6-4-5-9-20(13)17(23)12-26-18(24)11-21-16(22)10-14-7-2-3-8-15(14)19(21)25/h2-3,7-8,13H,4-6,9-12H2,1H3/t13-/m1/s1. The van der Waals surface area contributed by atoms with Crippen molar-refractivity contribution < 1.29 is 23.9 Å². The Morgan fingerprint density at radius 1 is 1.19 bits per heavy atom. The van der Waals surface area contributed by atoms with Gasteiger partial charge >= 0.3 is 5.97 Å². The number of hydrogen-bond donors (Lipinski definition) is 0. The molecule has 2 aliphatic heterocycles. The highest BCUT2D eigenvalue weighted by molar-refractivity contribution is 6.11. The van der Waals surface area contributed by atoms with E-state index >= 15 is 0 Å². The maximum atomic E-state index is 12.4. The third-order valence-corrected chi connectivity index (χ3v) is 4.90. The van der Waals surface area contributed by atoms with E-state index in [9.17, 15) is 19.2 Å². The monoisotopic (exact) mass is 358 g/mol. The van der Waals surface area contributed by atoms with Gasteiger partial charge in [-0.05, 0) is 37.8 Å². The van der Waals surface area contributed by atoms with E-state index in [1.807, 2.05) is 6.92 Å². The van der Waals surface area contributed by atoms with Crippen molar-refractivity contribution in [2.75, 3.05) is 19.7 Å². The first-order valence-corrected chi connectivity index (χ1v) is 8.85. The Labute approximate surface area is 151 Å². The van der Waals surface area contributed by atoms with Crippen molar-refractivity contribution >= 4 is 23.7 Å². The first kappa shape index (κ1) is 18.1. The fourth-order valence-corrected chi connectivity index (χ4v) is 3.43. The second kappa shape index (κ2) is 7.68. The third kappa shape index (κ3) is 3.76. The van der Waals surface area contributed by atoms with Gasteiger partial charge < -0.3 is 9.64 Å². The molecule has 2 heterocycles. The summed E-state index contributed by atoms with van der Waals surface area (Å²) >= 11 is 0. The first-order valence-electron chi connectivity index (χ1n) is 8.85. The van der Waals surface area contributed by atoms with E-state index in [0.29, 0.717) is 17.7 Å². The molecule has 2 aliphatic rings. The molecule has 1 atom stereocenters. The minimum Gasteiger partial charge on any atom is -0.454 e. The van der Waals surface area contributed by atoms with E-state index in [0.717, 1.165) is 24.2 Å². The normalized spacial score (nSPS) is 20.0. The molecule has 0 unspecified atom stereocenters. The number of esters is 1. The first-order chi connectivity index (χ1) is 12.5. The number of benzene rings is 1. The van der Waals surface area contributed by atoms with Crippen LogP contribution < -0.4 is 0 Å². The molecular formula is C19H22N2O5. The minimum absolute atomic E-state index is 0.0689. The Morgan fingerprint density at radius 2 is 1.96 bits per heavy atom. The van der Waals surface area contributed by atoms with Crippen LogP contribution in [0.1, 0.15) is 42.1 Å². The van der Waals surface area contributed by atoms with Crippen LogP contribution in [-0.4, -0.2) is 59.2 Å². The number of likely N-dealkylation sites (tertiary alicyclic amines) is 1. The number of piperidine rings is 1. The number of rotatable bonds is 4. The summed E-state index contributed by atoms with van der Waals surface area (Å²) in [6.45, 7) is 1.80. The Hall–Kier alpha value is -2.70. The fraction of sp³-hybridized carbons (Fsp3) is 0.474. The highest BCUT2D eigenvalue weighted by Gasteiger charge is 2.32. The van der Waals surface area contributed by atoms with E-state index in [1.165, 1.54) is 0 Å². The minimum atomic E-state index is -0.760. The van der Waals surface area contributed by atoms with Gasteiger partial charge in [-0.2, -0.15) is 0 Å². The lowest BCUT2D eigenvalue weighted by Crippen LogP contribution is -2.47.